The topological polar surface area (TPSA) is 667 Å². The number of carbonyl (C=O) groups excluding carboxylic acids is 4. The molecule has 5 saturated heterocycles. The molecule has 5 fully saturated rings. The summed E-state index contributed by atoms with van der Waals surface area (Å²) < 4.78 is 115. The average Bonchev–Trinajstić information content (AvgIpc) is 0.753. The van der Waals surface area contributed by atoms with Crippen molar-refractivity contribution in [1.29, 1.82) is 0 Å². The first-order valence-corrected chi connectivity index (χ1v) is 51.1. The molecule has 0 saturated carbocycles. The summed E-state index contributed by atoms with van der Waals surface area (Å²) in [5.41, 5.74) is 42.3. The monoisotopic (exact) mass is 2670 g/mol. The number of hydrogen-bond acceptors (Lipinski definition) is 33. The molecular formula is C91H176Ac3N7O35P2-3. The third-order valence-electron chi connectivity index (χ3n) is 26.5. The maximum Gasteiger partial charge on any atom is 0.474 e. The van der Waals surface area contributed by atoms with Crippen molar-refractivity contribution in [2.75, 3.05) is 39.6 Å². The predicted octanol–water partition coefficient (Wildman–Crippen LogP) is 12.5. The molecule has 42 nitrogen and oxygen atoms in total. The number of aliphatic hydroxyl groups excluding tert-OH is 5. The van der Waals surface area contributed by atoms with Gasteiger partial charge in [-0.1, -0.05) is 238 Å². The zero-order valence-corrected chi connectivity index (χ0v) is 100. The van der Waals surface area contributed by atoms with Gasteiger partial charge in [0.05, 0.1) is 49.8 Å². The maximum atomic E-state index is 13.6. The summed E-state index contributed by atoms with van der Waals surface area (Å²) in [5.74, 6) is 2.50. The Morgan fingerprint density at radius 3 is 1.01 bits per heavy atom. The van der Waals surface area contributed by atoms with Crippen molar-refractivity contribution in [1.82, 2.24) is 0 Å². The molecule has 5 rings (SSSR count). The Labute approximate surface area is 926 Å². The van der Waals surface area contributed by atoms with Crippen LogP contribution in [0.15, 0.2) is 0 Å². The van der Waals surface area contributed by atoms with Crippen LogP contribution in [0.5, 0.6) is 0 Å². The minimum atomic E-state index is -5.34. The van der Waals surface area contributed by atoms with Crippen LogP contribution in [0.25, 0.3) is 17.2 Å². The number of unbranched alkanes of at least 4 members (excludes halogenated alkanes) is 2. The largest absolute Gasteiger partial charge is 0.668 e. The van der Waals surface area contributed by atoms with E-state index < -0.39 is 231 Å². The van der Waals surface area contributed by atoms with Crippen molar-refractivity contribution < 1.29 is 301 Å². The molecule has 0 aromatic rings. The van der Waals surface area contributed by atoms with E-state index in [0.717, 1.165) is 94.8 Å². The fourth-order valence-electron chi connectivity index (χ4n) is 17.3. The standard InChI is InChI=1S/C48H91N4O19P.C42H81N3O16P.CH4.3Ac/c1-26(2)14-13-16-27(3)17-18-29(5)19-22-47(8,9)21-12-11-15-28(4)20-23-62-32(24-63-59)25-64-72(60,61)71-45-39(40(70-46(52)57)48(10,58)41(69-45)42(51)56)68-44-34(50)37(55)38(31(7)66-44)67-43-33(49)36(54)35(53)30(6)65-43;1-25(2)13-12-15-26(3)16-17-28(5)18-21-41(7,8)20-11-10-14-27(4)19-22-54-30(23-55-51)24-56-62(52,53)61-39-34(58-38-31(43)33(47)32(46)29(6)57-38)35(60-40(45)49)42(9,50)36(59-39)37(44)48;;;;/h26-41,43-45,49-50,53-55,58-59H,11-25H2,1-10H3,(H2,51,56)(H2,52,57)(H,60,61);25-36,38-39,43,46-47,50-51H,10-24H2,1-9H3,(H2,44,48)(H2,45,49)(H,52,53);1H4;;;/q-2;-1;;;;. The minimum Gasteiger partial charge on any atom is -0.668 e. The number of hydrogen-bond donors (Lipinski definition) is 15. The fraction of sp³-hybridized carbons (Fsp3) is 0.956. The molecule has 0 aliphatic carbocycles. The summed E-state index contributed by atoms with van der Waals surface area (Å²) in [6.45, 7) is 36.6. The Morgan fingerprint density at radius 1 is 0.399 bits per heavy atom. The molecule has 5 aliphatic rings. The fourth-order valence-corrected chi connectivity index (χ4v) is 19.0. The first kappa shape index (κ1) is 139. The van der Waals surface area contributed by atoms with Crippen molar-refractivity contribution in [3.05, 3.63) is 17.2 Å². The second kappa shape index (κ2) is 67.5. The van der Waals surface area contributed by atoms with Gasteiger partial charge < -0.3 is 143 Å². The van der Waals surface area contributed by atoms with E-state index in [1.54, 1.807) is 0 Å². The Morgan fingerprint density at radius 2 is 0.696 bits per heavy atom. The molecule has 0 aromatic heterocycles. The zero-order valence-electron chi connectivity index (χ0n) is 84.4. The van der Waals surface area contributed by atoms with E-state index in [9.17, 15) is 84.4 Å². The Balaban J connectivity index is 0.00000267. The van der Waals surface area contributed by atoms with E-state index in [4.69, 9.17) is 115 Å². The zero-order chi connectivity index (χ0) is 101. The number of ether oxygens (including phenoxy) is 12. The van der Waals surface area contributed by atoms with E-state index in [1.165, 1.54) is 111 Å². The van der Waals surface area contributed by atoms with Crippen molar-refractivity contribution in [3.63, 3.8) is 0 Å². The van der Waals surface area contributed by atoms with Gasteiger partial charge in [-0.15, -0.1) is 0 Å². The van der Waals surface area contributed by atoms with Crippen LogP contribution in [0, 0.1) is 190 Å². The van der Waals surface area contributed by atoms with Crippen LogP contribution in [0.3, 0.4) is 0 Å². The Bertz CT molecular complexity index is 3470. The van der Waals surface area contributed by atoms with Gasteiger partial charge in [0, 0.05) is 145 Å². The van der Waals surface area contributed by atoms with Crippen molar-refractivity contribution in [2.24, 2.45) is 81.1 Å². The van der Waals surface area contributed by atoms with Gasteiger partial charge in [-0.05, 0) is 131 Å². The molecule has 35 atom stereocenters. The first-order valence-electron chi connectivity index (χ1n) is 48.1. The number of carbonyl (C=O) groups is 4. The Hall–Kier alpha value is 1.06. The molecule has 0 spiro atoms. The molecule has 3 radical (unpaired) electrons. The molecule has 5 aliphatic heterocycles. The van der Waals surface area contributed by atoms with E-state index in [0.29, 0.717) is 24.7 Å². The number of amides is 4. The summed E-state index contributed by atoms with van der Waals surface area (Å²) in [4.78, 5) is 79.4. The molecular weight excluding hydrogens is 2490 g/mol. The van der Waals surface area contributed by atoms with Gasteiger partial charge in [0.15, 0.2) is 49.2 Å². The summed E-state index contributed by atoms with van der Waals surface area (Å²) >= 11 is 0. The second-order valence-corrected chi connectivity index (χ2v) is 44.2. The number of aliphatic hydroxyl groups is 7. The second-order valence-electron chi connectivity index (χ2n) is 41.4. The maximum absolute atomic E-state index is 13.6. The quantitative estimate of drug-likeness (QED) is 0.0116. The number of primary amides is 4. The number of phosphoric acid groups is 2. The van der Waals surface area contributed by atoms with E-state index in [1.807, 2.05) is 0 Å². The van der Waals surface area contributed by atoms with Crippen LogP contribution in [0.2, 0.25) is 0 Å². The third kappa shape index (κ3) is 49.2. The van der Waals surface area contributed by atoms with E-state index in [2.05, 4.69) is 107 Å². The predicted molar refractivity (Wildman–Crippen MR) is 498 cm³/mol. The van der Waals surface area contributed by atoms with Crippen LogP contribution in [-0.2, 0) is 103 Å². The third-order valence-corrected chi connectivity index (χ3v) is 28.4. The molecule has 35 unspecified atom stereocenters. The van der Waals surface area contributed by atoms with Crippen LogP contribution >= 0.6 is 15.6 Å². The smallest absolute Gasteiger partial charge is 0.474 e. The molecule has 47 heteroatoms. The SMILES string of the molecule is C.CC(C)CCCC(C)CCC(C)CCC(C)(C)CCCCC(C)CCOC(COO)COP(=O)(O)OC1OC(C(N)=O)C(C)(O)C(OC(N)=O)C1OC1OC(C)C(O)C(O)C1[NH-].CC(C)CCCC(C)CCC(C)CCC(C)(C)CCCCC(C)CCOC(COO)COP(=O)(O)OC1OC(C(N)=O)C(C)(O)C(OC(N)=O)C1OC1OC(C)C(OC2OC(C)C(O)C(O)C2[NH-])C(O)C1[NH-].[Ac].[Ac].[Ac]. The average molecular weight is 2670 g/mol. The van der Waals surface area contributed by atoms with Crippen molar-refractivity contribution >= 4 is 39.6 Å². The van der Waals surface area contributed by atoms with Crippen LogP contribution < -0.4 is 22.9 Å². The summed E-state index contributed by atoms with van der Waals surface area (Å²) in [6.07, 6.45) is -11.8. The molecule has 4 amide bonds. The van der Waals surface area contributed by atoms with Gasteiger partial charge in [-0.2, -0.15) is 0 Å². The van der Waals surface area contributed by atoms with Gasteiger partial charge in [-0.25, -0.2) is 28.5 Å². The summed E-state index contributed by atoms with van der Waals surface area (Å²) in [5, 5.41) is 93.5. The van der Waals surface area contributed by atoms with Crippen LogP contribution in [-0.4, -0.2) is 284 Å². The molecule has 22 N–H and O–H groups in total. The van der Waals surface area contributed by atoms with Gasteiger partial charge in [-0.3, -0.25) is 38.2 Å². The summed E-state index contributed by atoms with van der Waals surface area (Å²) in [6, 6.07) is -5.03. The van der Waals surface area contributed by atoms with Gasteiger partial charge >= 0.3 is 27.8 Å². The van der Waals surface area contributed by atoms with Gasteiger partial charge in [0.25, 0.3) is 0 Å². The van der Waals surface area contributed by atoms with E-state index in [-0.39, 0.29) is 170 Å². The van der Waals surface area contributed by atoms with E-state index >= 15 is 0 Å². The van der Waals surface area contributed by atoms with Gasteiger partial charge in [0.1, 0.15) is 73.8 Å². The van der Waals surface area contributed by atoms with Crippen LogP contribution in [0.4, 0.5) is 9.59 Å². The minimum absolute atomic E-state index is 0. The van der Waals surface area contributed by atoms with Crippen LogP contribution in [0.1, 0.15) is 293 Å². The normalized spacial score (nSPS) is 32.3. The number of phosphoric ester groups is 2. The number of rotatable bonds is 62. The molecule has 138 heavy (non-hydrogen) atoms. The Kier molecular flexibility index (Phi) is 68.0. The summed E-state index contributed by atoms with van der Waals surface area (Å²) in [7, 11) is -10.6. The van der Waals surface area contributed by atoms with Crippen molar-refractivity contribution in [2.45, 2.75) is 458 Å². The molecule has 0 aromatic carbocycles. The number of nitrogens with one attached hydrogen (secondary N) is 3. The van der Waals surface area contributed by atoms with Crippen molar-refractivity contribution in [3.8, 4) is 0 Å². The molecule has 807 valence electrons. The van der Waals surface area contributed by atoms with Gasteiger partial charge in [0.2, 0.25) is 11.8 Å². The first-order chi connectivity index (χ1) is 62.3. The molecule has 0 bridgehead atoms. The number of nitrogens with two attached hydrogens (primary N) is 4. The molecule has 5 heterocycles.